The number of nitrogens with one attached hydrogen (secondary N) is 1. The zero-order valence-electron chi connectivity index (χ0n) is 12.0. The van der Waals surface area contributed by atoms with E-state index in [4.69, 9.17) is 4.98 Å². The second-order valence-corrected chi connectivity index (χ2v) is 6.98. The van der Waals surface area contributed by atoms with Gasteiger partial charge in [0.25, 0.3) is 5.56 Å². The molecule has 0 atom stereocenters. The molecule has 2 heterocycles. The Kier molecular flexibility index (Phi) is 3.19. The lowest BCUT2D eigenvalue weighted by molar-refractivity contribution is 0.601. The summed E-state index contributed by atoms with van der Waals surface area (Å²) < 4.78 is 1.95. The third kappa shape index (κ3) is 2.15. The molecule has 0 amide bonds. The van der Waals surface area contributed by atoms with Crippen LogP contribution in [0, 0.1) is 0 Å². The highest BCUT2D eigenvalue weighted by Crippen LogP contribution is 2.38. The zero-order chi connectivity index (χ0) is 14.4. The second-order valence-electron chi connectivity index (χ2n) is 5.89. The first-order chi connectivity index (χ1) is 10.3. The second kappa shape index (κ2) is 5.07. The summed E-state index contributed by atoms with van der Waals surface area (Å²) in [6.07, 6.45) is 7.39. The van der Waals surface area contributed by atoms with Gasteiger partial charge in [0, 0.05) is 17.5 Å². The molecule has 0 aliphatic heterocycles. The standard InChI is InChI=1S/C16H19N3OS/c1-2-8-17-9-13-18-15-14(11-4-3-5-12(11)21-15)16(20)19(13)10-6-7-10/h2,10,17H,1,3-9H2. The molecule has 0 radical (unpaired) electrons. The van der Waals surface area contributed by atoms with Crippen molar-refractivity contribution in [2.45, 2.75) is 44.7 Å². The van der Waals surface area contributed by atoms with Crippen LogP contribution in [0.5, 0.6) is 0 Å². The first-order valence-electron chi connectivity index (χ1n) is 7.67. The number of rotatable bonds is 5. The molecule has 0 aromatic carbocycles. The van der Waals surface area contributed by atoms with E-state index in [0.717, 1.165) is 48.3 Å². The number of thiophene rings is 1. The van der Waals surface area contributed by atoms with Crippen LogP contribution in [0.25, 0.3) is 10.2 Å². The van der Waals surface area contributed by atoms with E-state index in [1.165, 1.54) is 16.9 Å². The van der Waals surface area contributed by atoms with E-state index in [1.807, 2.05) is 10.6 Å². The quantitative estimate of drug-likeness (QED) is 0.682. The van der Waals surface area contributed by atoms with Crippen LogP contribution in [-0.2, 0) is 19.4 Å². The average molecular weight is 301 g/mol. The molecule has 1 fully saturated rings. The number of nitrogens with zero attached hydrogens (tertiary/aromatic N) is 2. The fourth-order valence-corrected chi connectivity index (χ4v) is 4.49. The van der Waals surface area contributed by atoms with Crippen molar-refractivity contribution in [1.29, 1.82) is 0 Å². The molecule has 1 N–H and O–H groups in total. The van der Waals surface area contributed by atoms with Gasteiger partial charge in [-0.2, -0.15) is 0 Å². The van der Waals surface area contributed by atoms with Crippen LogP contribution < -0.4 is 10.9 Å². The van der Waals surface area contributed by atoms with Gasteiger partial charge in [-0.1, -0.05) is 6.08 Å². The lowest BCUT2D eigenvalue weighted by Gasteiger charge is -2.12. The topological polar surface area (TPSA) is 46.9 Å². The Morgan fingerprint density at radius 1 is 1.43 bits per heavy atom. The number of aromatic nitrogens is 2. The average Bonchev–Trinajstić information content (AvgIpc) is 3.08. The molecule has 110 valence electrons. The van der Waals surface area contributed by atoms with E-state index < -0.39 is 0 Å². The molecule has 4 rings (SSSR count). The molecule has 0 saturated heterocycles. The fourth-order valence-electron chi connectivity index (χ4n) is 3.22. The van der Waals surface area contributed by atoms with Crippen LogP contribution in [0.3, 0.4) is 0 Å². The van der Waals surface area contributed by atoms with Gasteiger partial charge in [-0.05, 0) is 37.7 Å². The van der Waals surface area contributed by atoms with Gasteiger partial charge in [-0.15, -0.1) is 17.9 Å². The number of fused-ring (bicyclic) bond motifs is 3. The van der Waals surface area contributed by atoms with Crippen LogP contribution >= 0.6 is 11.3 Å². The van der Waals surface area contributed by atoms with E-state index in [-0.39, 0.29) is 5.56 Å². The monoisotopic (exact) mass is 301 g/mol. The summed E-state index contributed by atoms with van der Waals surface area (Å²) in [5, 5.41) is 4.19. The summed E-state index contributed by atoms with van der Waals surface area (Å²) in [4.78, 5) is 20.1. The minimum atomic E-state index is 0.192. The summed E-state index contributed by atoms with van der Waals surface area (Å²) in [6, 6.07) is 0.367. The van der Waals surface area contributed by atoms with E-state index in [1.54, 1.807) is 11.3 Å². The predicted octanol–water partition coefficient (Wildman–Crippen LogP) is 2.56. The van der Waals surface area contributed by atoms with E-state index in [2.05, 4.69) is 11.9 Å². The van der Waals surface area contributed by atoms with Gasteiger partial charge in [0.05, 0.1) is 11.9 Å². The van der Waals surface area contributed by atoms with Gasteiger partial charge in [-0.3, -0.25) is 9.36 Å². The first-order valence-corrected chi connectivity index (χ1v) is 8.48. The zero-order valence-corrected chi connectivity index (χ0v) is 12.8. The molecule has 0 unspecified atom stereocenters. The van der Waals surface area contributed by atoms with Crippen LogP contribution in [0.15, 0.2) is 17.4 Å². The van der Waals surface area contributed by atoms with Gasteiger partial charge < -0.3 is 5.32 Å². The van der Waals surface area contributed by atoms with Crippen LogP contribution in [0.1, 0.15) is 41.6 Å². The van der Waals surface area contributed by atoms with Crippen molar-refractivity contribution in [2.75, 3.05) is 6.54 Å². The van der Waals surface area contributed by atoms with Crippen LogP contribution in [-0.4, -0.2) is 16.1 Å². The van der Waals surface area contributed by atoms with Crippen molar-refractivity contribution < 1.29 is 0 Å². The van der Waals surface area contributed by atoms with Crippen LogP contribution in [0.4, 0.5) is 0 Å². The molecule has 2 aromatic rings. The summed E-state index contributed by atoms with van der Waals surface area (Å²) in [7, 11) is 0. The SMILES string of the molecule is C=CCNCc1nc2sc3c(c2c(=O)n1C1CC1)CCC3. The normalized spacial score (nSPS) is 17.3. The van der Waals surface area contributed by atoms with E-state index >= 15 is 0 Å². The Labute approximate surface area is 127 Å². The number of hydrogen-bond acceptors (Lipinski definition) is 4. The Balaban J connectivity index is 1.87. The molecule has 5 heteroatoms. The summed E-state index contributed by atoms with van der Waals surface area (Å²) >= 11 is 1.72. The minimum Gasteiger partial charge on any atom is -0.306 e. The summed E-state index contributed by atoms with van der Waals surface area (Å²) in [5.41, 5.74) is 1.48. The Bertz CT molecular complexity index is 770. The predicted molar refractivity (Wildman–Crippen MR) is 86.1 cm³/mol. The highest BCUT2D eigenvalue weighted by atomic mass is 32.1. The maximum absolute atomic E-state index is 13.0. The lowest BCUT2D eigenvalue weighted by Crippen LogP contribution is -2.28. The van der Waals surface area contributed by atoms with Crippen LogP contribution in [0.2, 0.25) is 0 Å². The third-order valence-corrected chi connectivity index (χ3v) is 5.51. The van der Waals surface area contributed by atoms with Crippen molar-refractivity contribution in [3.8, 4) is 0 Å². The molecule has 2 aliphatic rings. The summed E-state index contributed by atoms with van der Waals surface area (Å²) in [6.45, 7) is 5.08. The molecule has 0 spiro atoms. The maximum atomic E-state index is 13.0. The molecule has 1 saturated carbocycles. The molecule has 2 aromatic heterocycles. The highest BCUT2D eigenvalue weighted by Gasteiger charge is 2.30. The number of aryl methyl sites for hydroxylation is 2. The largest absolute Gasteiger partial charge is 0.306 e. The van der Waals surface area contributed by atoms with Crippen molar-refractivity contribution in [1.82, 2.24) is 14.9 Å². The van der Waals surface area contributed by atoms with Gasteiger partial charge >= 0.3 is 0 Å². The molecular weight excluding hydrogens is 282 g/mol. The van der Waals surface area contributed by atoms with E-state index in [9.17, 15) is 4.79 Å². The third-order valence-electron chi connectivity index (χ3n) is 4.33. The molecule has 4 nitrogen and oxygen atoms in total. The smallest absolute Gasteiger partial charge is 0.262 e. The Morgan fingerprint density at radius 3 is 3.05 bits per heavy atom. The van der Waals surface area contributed by atoms with Gasteiger partial charge in [0.1, 0.15) is 10.7 Å². The van der Waals surface area contributed by atoms with Crippen molar-refractivity contribution in [3.63, 3.8) is 0 Å². The lowest BCUT2D eigenvalue weighted by atomic mass is 10.2. The van der Waals surface area contributed by atoms with Gasteiger partial charge in [0.15, 0.2) is 0 Å². The van der Waals surface area contributed by atoms with Crippen molar-refractivity contribution >= 4 is 21.6 Å². The fraction of sp³-hybridized carbons (Fsp3) is 0.500. The minimum absolute atomic E-state index is 0.192. The van der Waals surface area contributed by atoms with Crippen molar-refractivity contribution in [3.05, 3.63) is 39.3 Å². The molecule has 2 aliphatic carbocycles. The van der Waals surface area contributed by atoms with E-state index in [0.29, 0.717) is 12.6 Å². The number of hydrogen-bond donors (Lipinski definition) is 1. The highest BCUT2D eigenvalue weighted by molar-refractivity contribution is 7.18. The maximum Gasteiger partial charge on any atom is 0.262 e. The van der Waals surface area contributed by atoms with Gasteiger partial charge in [0.2, 0.25) is 0 Å². The summed E-state index contributed by atoms with van der Waals surface area (Å²) in [5.74, 6) is 0.886. The molecule has 21 heavy (non-hydrogen) atoms. The van der Waals surface area contributed by atoms with Gasteiger partial charge in [-0.25, -0.2) is 4.98 Å². The molecular formula is C16H19N3OS. The Hall–Kier alpha value is -1.46. The first kappa shape index (κ1) is 13.2. The Morgan fingerprint density at radius 2 is 2.29 bits per heavy atom. The molecule has 0 bridgehead atoms. The van der Waals surface area contributed by atoms with Crippen molar-refractivity contribution in [2.24, 2.45) is 0 Å².